The van der Waals surface area contributed by atoms with Gasteiger partial charge in [-0.25, -0.2) is 4.98 Å². The molecule has 0 aromatic carbocycles. The third kappa shape index (κ3) is 4.26. The van der Waals surface area contributed by atoms with Crippen LogP contribution >= 0.6 is 11.3 Å². The molecule has 10 heteroatoms. The average Bonchev–Trinajstić information content (AvgIpc) is 3.09. The van der Waals surface area contributed by atoms with Crippen LogP contribution in [-0.2, 0) is 26.0 Å². The minimum atomic E-state index is -3.69. The van der Waals surface area contributed by atoms with Crippen LogP contribution < -0.4 is 4.72 Å². The fourth-order valence-electron chi connectivity index (χ4n) is 1.55. The number of hydrogen-bond acceptors (Lipinski definition) is 7. The number of aromatic nitrogens is 3. The summed E-state index contributed by atoms with van der Waals surface area (Å²) < 4.78 is 30.8. The number of nitrogens with one attached hydrogen (secondary N) is 2. The van der Waals surface area contributed by atoms with E-state index in [1.165, 1.54) is 30.7 Å². The maximum atomic E-state index is 11.9. The van der Waals surface area contributed by atoms with Crippen molar-refractivity contribution >= 4 is 32.5 Å². The van der Waals surface area contributed by atoms with Crippen molar-refractivity contribution in [1.29, 1.82) is 0 Å². The lowest BCUT2D eigenvalue weighted by Gasteiger charge is -2.01. The Labute approximate surface area is 125 Å². The first-order valence-corrected chi connectivity index (χ1v) is 8.41. The highest BCUT2D eigenvalue weighted by molar-refractivity contribution is 7.92. The van der Waals surface area contributed by atoms with Gasteiger partial charge in [0, 0.05) is 11.8 Å². The van der Waals surface area contributed by atoms with Gasteiger partial charge in [-0.1, -0.05) is 0 Å². The van der Waals surface area contributed by atoms with E-state index in [-0.39, 0.29) is 16.1 Å². The van der Waals surface area contributed by atoms with E-state index >= 15 is 0 Å². The maximum Gasteiger partial charge on any atom is 0.305 e. The van der Waals surface area contributed by atoms with Crippen LogP contribution in [0.25, 0.3) is 0 Å². The zero-order valence-corrected chi connectivity index (χ0v) is 12.8. The molecule has 2 N–H and O–H groups in total. The molecule has 2 aromatic rings. The van der Waals surface area contributed by atoms with Crippen molar-refractivity contribution in [2.24, 2.45) is 0 Å². The van der Waals surface area contributed by atoms with Crippen molar-refractivity contribution in [3.63, 3.8) is 0 Å². The second kappa shape index (κ2) is 6.68. The molecule has 0 spiro atoms. The van der Waals surface area contributed by atoms with Gasteiger partial charge >= 0.3 is 5.97 Å². The quantitative estimate of drug-likeness (QED) is 0.736. The number of sulfonamides is 1. The van der Waals surface area contributed by atoms with Gasteiger partial charge < -0.3 is 4.74 Å². The molecule has 0 aliphatic carbocycles. The Kier molecular flexibility index (Phi) is 4.91. The molecule has 0 aliphatic rings. The summed E-state index contributed by atoms with van der Waals surface area (Å²) in [5, 5.41) is 7.98. The third-order valence-electron chi connectivity index (χ3n) is 2.58. The molecule has 0 saturated carbocycles. The lowest BCUT2D eigenvalue weighted by molar-refractivity contribution is -0.140. The molecule has 2 rings (SSSR count). The summed E-state index contributed by atoms with van der Waals surface area (Å²) in [5.41, 5.74) is 0.728. The number of carbonyl (C=O) groups excluding carboxylic acids is 1. The number of ether oxygens (including phenoxy) is 1. The van der Waals surface area contributed by atoms with E-state index in [0.29, 0.717) is 19.3 Å². The molecule has 0 atom stereocenters. The first-order valence-electron chi connectivity index (χ1n) is 6.04. The summed E-state index contributed by atoms with van der Waals surface area (Å²) in [7, 11) is -2.35. The molecule has 0 bridgehead atoms. The van der Waals surface area contributed by atoms with Gasteiger partial charge in [-0.3, -0.25) is 14.6 Å². The standard InChI is InChI=1S/C11H14N4O4S2/c1-19-10(16)4-2-3-8-7-20-11(13-8)15-21(17,18)9-5-6-12-14-9/h5-7H,2-4H2,1H3,(H,12,14)(H,13,15). The van der Waals surface area contributed by atoms with Gasteiger partial charge in [0.25, 0.3) is 10.0 Å². The van der Waals surface area contributed by atoms with Crippen molar-refractivity contribution in [1.82, 2.24) is 15.2 Å². The first-order chi connectivity index (χ1) is 10.0. The predicted molar refractivity (Wildman–Crippen MR) is 76.5 cm³/mol. The fraction of sp³-hybridized carbons (Fsp3) is 0.364. The number of hydrogen-bond donors (Lipinski definition) is 2. The third-order valence-corrected chi connectivity index (χ3v) is 4.78. The predicted octanol–water partition coefficient (Wildman–Crippen LogP) is 1.16. The van der Waals surface area contributed by atoms with E-state index in [9.17, 15) is 13.2 Å². The molecule has 0 radical (unpaired) electrons. The zero-order valence-electron chi connectivity index (χ0n) is 11.2. The van der Waals surface area contributed by atoms with E-state index < -0.39 is 10.0 Å². The van der Waals surface area contributed by atoms with E-state index in [0.717, 1.165) is 5.69 Å². The van der Waals surface area contributed by atoms with E-state index in [1.807, 2.05) is 0 Å². The van der Waals surface area contributed by atoms with Crippen LogP contribution in [0.5, 0.6) is 0 Å². The van der Waals surface area contributed by atoms with Crippen molar-refractivity contribution in [2.45, 2.75) is 24.3 Å². The Morgan fingerprint density at radius 3 is 3.00 bits per heavy atom. The van der Waals surface area contributed by atoms with Crippen LogP contribution in [0, 0.1) is 0 Å². The molecule has 21 heavy (non-hydrogen) atoms. The van der Waals surface area contributed by atoms with Gasteiger partial charge in [0.1, 0.15) is 0 Å². The maximum absolute atomic E-state index is 11.9. The number of carbonyl (C=O) groups is 1. The number of esters is 1. The minimum absolute atomic E-state index is 0.0232. The molecule has 0 amide bonds. The van der Waals surface area contributed by atoms with Gasteiger partial charge in [-0.2, -0.15) is 13.5 Å². The Bertz CT molecular complexity index is 694. The highest BCUT2D eigenvalue weighted by Gasteiger charge is 2.17. The lowest BCUT2D eigenvalue weighted by Crippen LogP contribution is -2.13. The summed E-state index contributed by atoms with van der Waals surface area (Å²) in [6.45, 7) is 0. The number of aryl methyl sites for hydroxylation is 1. The molecular formula is C11H14N4O4S2. The number of anilines is 1. The van der Waals surface area contributed by atoms with Gasteiger partial charge in [0.05, 0.1) is 19.0 Å². The zero-order chi connectivity index (χ0) is 15.3. The van der Waals surface area contributed by atoms with Gasteiger partial charge in [-0.15, -0.1) is 11.3 Å². The van der Waals surface area contributed by atoms with Crippen LogP contribution in [-0.4, -0.2) is 36.7 Å². The van der Waals surface area contributed by atoms with Crippen molar-refractivity contribution in [2.75, 3.05) is 11.8 Å². The van der Waals surface area contributed by atoms with Crippen LogP contribution in [0.3, 0.4) is 0 Å². The smallest absolute Gasteiger partial charge is 0.305 e. The molecule has 114 valence electrons. The summed E-state index contributed by atoms with van der Waals surface area (Å²) in [6, 6.07) is 1.35. The first kappa shape index (κ1) is 15.4. The monoisotopic (exact) mass is 330 g/mol. The Balaban J connectivity index is 1.93. The molecular weight excluding hydrogens is 316 g/mol. The van der Waals surface area contributed by atoms with Crippen LogP contribution in [0.15, 0.2) is 22.7 Å². The van der Waals surface area contributed by atoms with Gasteiger partial charge in [0.2, 0.25) is 0 Å². The number of nitrogens with zero attached hydrogens (tertiary/aromatic N) is 2. The number of aromatic amines is 1. The van der Waals surface area contributed by atoms with E-state index in [4.69, 9.17) is 0 Å². The summed E-state index contributed by atoms with van der Waals surface area (Å²) >= 11 is 1.19. The highest BCUT2D eigenvalue weighted by atomic mass is 32.2. The average molecular weight is 330 g/mol. The van der Waals surface area contributed by atoms with Crippen LogP contribution in [0.2, 0.25) is 0 Å². The van der Waals surface area contributed by atoms with Crippen molar-refractivity contribution in [3.05, 3.63) is 23.3 Å². The molecule has 2 heterocycles. The summed E-state index contributed by atoms with van der Waals surface area (Å²) in [5.74, 6) is -0.273. The van der Waals surface area contributed by atoms with E-state index in [1.54, 1.807) is 5.38 Å². The normalized spacial score (nSPS) is 11.3. The SMILES string of the molecule is COC(=O)CCCc1csc(NS(=O)(=O)c2ccn[nH]2)n1. The molecule has 0 unspecified atom stereocenters. The lowest BCUT2D eigenvalue weighted by atomic mass is 10.2. The van der Waals surface area contributed by atoms with Gasteiger partial charge in [-0.05, 0) is 18.9 Å². The molecule has 0 saturated heterocycles. The number of thiazole rings is 1. The molecule has 0 fully saturated rings. The van der Waals surface area contributed by atoms with Crippen molar-refractivity contribution < 1.29 is 17.9 Å². The van der Waals surface area contributed by atoms with Crippen LogP contribution in [0.1, 0.15) is 18.5 Å². The molecule has 0 aliphatic heterocycles. The topological polar surface area (TPSA) is 114 Å². The summed E-state index contributed by atoms with van der Waals surface area (Å²) in [4.78, 5) is 15.2. The second-order valence-corrected chi connectivity index (χ2v) is 6.61. The van der Waals surface area contributed by atoms with Gasteiger partial charge in [0.15, 0.2) is 10.2 Å². The number of H-pyrrole nitrogens is 1. The van der Waals surface area contributed by atoms with Crippen molar-refractivity contribution in [3.8, 4) is 0 Å². The Morgan fingerprint density at radius 1 is 1.52 bits per heavy atom. The number of rotatable bonds is 7. The number of methoxy groups -OCH3 is 1. The highest BCUT2D eigenvalue weighted by Crippen LogP contribution is 2.20. The Morgan fingerprint density at radius 2 is 2.33 bits per heavy atom. The molecule has 8 nitrogen and oxygen atoms in total. The largest absolute Gasteiger partial charge is 0.469 e. The van der Waals surface area contributed by atoms with E-state index in [2.05, 4.69) is 24.6 Å². The minimum Gasteiger partial charge on any atom is -0.469 e. The fourth-order valence-corrected chi connectivity index (χ4v) is 3.46. The Hall–Kier alpha value is -1.94. The summed E-state index contributed by atoms with van der Waals surface area (Å²) in [6.07, 6.45) is 2.85. The molecule has 2 aromatic heterocycles. The second-order valence-electron chi connectivity index (χ2n) is 4.10. The van der Waals surface area contributed by atoms with Crippen LogP contribution in [0.4, 0.5) is 5.13 Å².